The minimum Gasteiger partial charge on any atom is -0.492 e. The highest BCUT2D eigenvalue weighted by Crippen LogP contribution is 2.38. The Labute approximate surface area is 159 Å². The van der Waals surface area contributed by atoms with Crippen LogP contribution in [-0.4, -0.2) is 30.8 Å². The highest BCUT2D eigenvalue weighted by molar-refractivity contribution is 6.42. The van der Waals surface area contributed by atoms with Crippen LogP contribution in [0.4, 0.5) is 0 Å². The maximum absolute atomic E-state index is 12.0. The minimum atomic E-state index is -1.30. The molecule has 2 aromatic rings. The number of hydrogen-bond acceptors (Lipinski definition) is 6. The summed E-state index contributed by atoms with van der Waals surface area (Å²) >= 11 is 11.9. The van der Waals surface area contributed by atoms with Crippen LogP contribution in [0.1, 0.15) is 31.8 Å². The van der Waals surface area contributed by atoms with Gasteiger partial charge in [-0.25, -0.2) is 4.79 Å². The second kappa shape index (κ2) is 7.53. The highest BCUT2D eigenvalue weighted by atomic mass is 35.5. The number of cyclic esters (lactones) is 1. The van der Waals surface area contributed by atoms with Gasteiger partial charge in [0.05, 0.1) is 28.3 Å². The summed E-state index contributed by atoms with van der Waals surface area (Å²) in [6.45, 7) is 0.113. The average Bonchev–Trinajstić information content (AvgIpc) is 2.61. The third-order valence-corrected chi connectivity index (χ3v) is 4.68. The van der Waals surface area contributed by atoms with Gasteiger partial charge in [0.1, 0.15) is 6.61 Å². The minimum absolute atomic E-state index is 0.00141. The van der Waals surface area contributed by atoms with Crippen LogP contribution in [0.2, 0.25) is 10.0 Å². The zero-order valence-electron chi connectivity index (χ0n) is 13.6. The molecule has 0 saturated heterocycles. The number of esters is 1. The monoisotopic (exact) mass is 396 g/mol. The lowest BCUT2D eigenvalue weighted by Gasteiger charge is -2.24. The molecule has 0 saturated carbocycles. The predicted molar refractivity (Wildman–Crippen MR) is 94.3 cm³/mol. The van der Waals surface area contributed by atoms with E-state index in [1.807, 2.05) is 0 Å². The number of carbonyl (C=O) groups is 2. The lowest BCUT2D eigenvalue weighted by Crippen LogP contribution is -2.28. The van der Waals surface area contributed by atoms with Crippen molar-refractivity contribution in [3.63, 3.8) is 0 Å². The van der Waals surface area contributed by atoms with Crippen molar-refractivity contribution in [3.8, 4) is 11.5 Å². The molecule has 1 atom stereocenters. The molecule has 2 aromatic carbocycles. The lowest BCUT2D eigenvalue weighted by atomic mass is 9.95. The molecule has 1 aliphatic heterocycles. The van der Waals surface area contributed by atoms with Gasteiger partial charge in [0.15, 0.2) is 17.8 Å². The van der Waals surface area contributed by atoms with Gasteiger partial charge < -0.3 is 19.3 Å². The number of methoxy groups -OCH3 is 1. The Hall–Kier alpha value is -2.28. The maximum Gasteiger partial charge on any atom is 0.340 e. The number of aldehydes is 1. The Morgan fingerprint density at radius 1 is 1.31 bits per heavy atom. The summed E-state index contributed by atoms with van der Waals surface area (Å²) in [5.74, 6) is -0.350. The number of benzene rings is 2. The van der Waals surface area contributed by atoms with Crippen LogP contribution in [0, 0.1) is 0 Å². The first-order chi connectivity index (χ1) is 12.4. The molecule has 0 bridgehead atoms. The molecule has 0 aromatic heterocycles. The van der Waals surface area contributed by atoms with E-state index >= 15 is 0 Å². The number of rotatable bonds is 5. The van der Waals surface area contributed by atoms with Crippen molar-refractivity contribution in [1.82, 2.24) is 0 Å². The summed E-state index contributed by atoms with van der Waals surface area (Å²) in [4.78, 5) is 23.6. The Kier molecular flexibility index (Phi) is 5.36. The molecule has 0 radical (unpaired) electrons. The van der Waals surface area contributed by atoms with E-state index in [1.165, 1.54) is 13.2 Å². The van der Waals surface area contributed by atoms with Crippen LogP contribution >= 0.6 is 23.2 Å². The van der Waals surface area contributed by atoms with E-state index in [1.54, 1.807) is 18.2 Å². The number of aliphatic hydroxyl groups is 1. The summed E-state index contributed by atoms with van der Waals surface area (Å²) in [6.07, 6.45) is -0.741. The number of hydrogen-bond donors (Lipinski definition) is 1. The molecule has 1 aliphatic rings. The molecule has 0 fully saturated rings. The molecule has 0 aliphatic carbocycles. The molecule has 0 spiro atoms. The first-order valence-corrected chi connectivity index (χ1v) is 8.35. The van der Waals surface area contributed by atoms with Gasteiger partial charge in [-0.2, -0.15) is 0 Å². The van der Waals surface area contributed by atoms with Gasteiger partial charge in [0, 0.05) is 6.42 Å². The zero-order chi connectivity index (χ0) is 18.8. The standard InChI is InChI=1S/C18H14Cl2O6/c1-24-17-12(7-21)10-6-16(22)26-18(23)11(10)5-15(17)25-8-9-2-3-13(19)14(20)4-9/h2-5,7,16,22H,6,8H2,1H3. The third-order valence-electron chi connectivity index (χ3n) is 3.94. The molecule has 1 N–H and O–H groups in total. The van der Waals surface area contributed by atoms with Gasteiger partial charge in [-0.15, -0.1) is 0 Å². The maximum atomic E-state index is 12.0. The molecule has 1 unspecified atom stereocenters. The Balaban J connectivity index is 1.98. The van der Waals surface area contributed by atoms with Crippen LogP contribution in [0.5, 0.6) is 11.5 Å². The molecule has 0 amide bonds. The van der Waals surface area contributed by atoms with Crippen molar-refractivity contribution < 1.29 is 28.9 Å². The van der Waals surface area contributed by atoms with E-state index < -0.39 is 12.3 Å². The average molecular weight is 397 g/mol. The second-order valence-electron chi connectivity index (χ2n) is 5.57. The molecular formula is C18H14Cl2O6. The topological polar surface area (TPSA) is 82.1 Å². The van der Waals surface area contributed by atoms with Crippen LogP contribution in [0.3, 0.4) is 0 Å². The van der Waals surface area contributed by atoms with Crippen LogP contribution in [-0.2, 0) is 17.8 Å². The molecule has 8 heteroatoms. The molecule has 26 heavy (non-hydrogen) atoms. The summed E-state index contributed by atoms with van der Waals surface area (Å²) < 4.78 is 15.8. The van der Waals surface area contributed by atoms with Gasteiger partial charge in [0.2, 0.25) is 6.29 Å². The molecular weight excluding hydrogens is 383 g/mol. The van der Waals surface area contributed by atoms with Crippen LogP contribution in [0.15, 0.2) is 24.3 Å². The highest BCUT2D eigenvalue weighted by Gasteiger charge is 2.31. The van der Waals surface area contributed by atoms with Crippen molar-refractivity contribution in [1.29, 1.82) is 0 Å². The first-order valence-electron chi connectivity index (χ1n) is 7.59. The number of carbonyl (C=O) groups excluding carboxylic acids is 2. The van der Waals surface area contributed by atoms with E-state index in [2.05, 4.69) is 0 Å². The van der Waals surface area contributed by atoms with Crippen LogP contribution in [0.25, 0.3) is 0 Å². The van der Waals surface area contributed by atoms with Gasteiger partial charge in [-0.3, -0.25) is 4.79 Å². The Bertz CT molecular complexity index is 880. The quantitative estimate of drug-likeness (QED) is 0.615. The third kappa shape index (κ3) is 3.49. The smallest absolute Gasteiger partial charge is 0.340 e. The summed E-state index contributed by atoms with van der Waals surface area (Å²) in [6, 6.07) is 6.47. The molecule has 136 valence electrons. The predicted octanol–water partition coefficient (Wildman–Crippen LogP) is 3.42. The van der Waals surface area contributed by atoms with E-state index in [4.69, 9.17) is 37.4 Å². The number of aliphatic hydroxyl groups excluding tert-OH is 1. The van der Waals surface area contributed by atoms with Crippen molar-refractivity contribution >= 4 is 35.5 Å². The van der Waals surface area contributed by atoms with Gasteiger partial charge >= 0.3 is 5.97 Å². The molecule has 1 heterocycles. The van der Waals surface area contributed by atoms with Gasteiger partial charge in [0.25, 0.3) is 0 Å². The molecule has 6 nitrogen and oxygen atoms in total. The fourth-order valence-corrected chi connectivity index (χ4v) is 3.06. The Morgan fingerprint density at radius 3 is 2.73 bits per heavy atom. The lowest BCUT2D eigenvalue weighted by molar-refractivity contribution is -0.0688. The number of ether oxygens (including phenoxy) is 3. The van der Waals surface area contributed by atoms with Crippen molar-refractivity contribution in [2.75, 3.05) is 7.11 Å². The van der Waals surface area contributed by atoms with E-state index in [0.29, 0.717) is 21.9 Å². The van der Waals surface area contributed by atoms with Crippen molar-refractivity contribution in [3.05, 3.63) is 56.6 Å². The largest absolute Gasteiger partial charge is 0.492 e. The molecule has 3 rings (SSSR count). The van der Waals surface area contributed by atoms with E-state index in [-0.39, 0.29) is 35.7 Å². The SMILES string of the molecule is COc1c(OCc2ccc(Cl)c(Cl)c2)cc2c(c1C=O)CC(O)OC2=O. The zero-order valence-corrected chi connectivity index (χ0v) is 15.1. The summed E-state index contributed by atoms with van der Waals surface area (Å²) in [5.41, 5.74) is 1.40. The van der Waals surface area contributed by atoms with Crippen molar-refractivity contribution in [2.24, 2.45) is 0 Å². The summed E-state index contributed by atoms with van der Waals surface area (Å²) in [7, 11) is 1.39. The summed E-state index contributed by atoms with van der Waals surface area (Å²) in [5, 5.41) is 10.4. The second-order valence-corrected chi connectivity index (χ2v) is 6.38. The van der Waals surface area contributed by atoms with E-state index in [9.17, 15) is 14.7 Å². The normalized spacial score (nSPS) is 15.8. The van der Waals surface area contributed by atoms with E-state index in [0.717, 1.165) is 5.56 Å². The Morgan fingerprint density at radius 2 is 2.08 bits per heavy atom. The van der Waals surface area contributed by atoms with Crippen LogP contribution < -0.4 is 9.47 Å². The first kappa shape index (κ1) is 18.5. The van der Waals surface area contributed by atoms with Gasteiger partial charge in [-0.05, 0) is 29.3 Å². The number of halogens is 2. The fraction of sp³-hybridized carbons (Fsp3) is 0.222. The van der Waals surface area contributed by atoms with Crippen molar-refractivity contribution in [2.45, 2.75) is 19.3 Å². The fourth-order valence-electron chi connectivity index (χ4n) is 2.74. The number of fused-ring (bicyclic) bond motifs is 1. The van der Waals surface area contributed by atoms with Gasteiger partial charge in [-0.1, -0.05) is 29.3 Å².